The Kier molecular flexibility index (Phi) is 3.72. The standard InChI is InChI=1S/C9H14O2S/c1-3-11-7(2)9(10)8-5-4-6-12-8/h4-7,9-10H,3H2,1-2H3. The van der Waals surface area contributed by atoms with Gasteiger partial charge in [-0.2, -0.15) is 0 Å². The van der Waals surface area contributed by atoms with Crippen molar-refractivity contribution < 1.29 is 9.84 Å². The highest BCUT2D eigenvalue weighted by Gasteiger charge is 2.16. The third-order valence-corrected chi connectivity index (χ3v) is 2.65. The summed E-state index contributed by atoms with van der Waals surface area (Å²) in [6.07, 6.45) is -0.599. The van der Waals surface area contributed by atoms with Crippen LogP contribution in [0.25, 0.3) is 0 Å². The highest BCUT2D eigenvalue weighted by Crippen LogP contribution is 2.23. The molecule has 0 saturated heterocycles. The highest BCUT2D eigenvalue weighted by atomic mass is 32.1. The van der Waals surface area contributed by atoms with E-state index >= 15 is 0 Å². The van der Waals surface area contributed by atoms with E-state index in [9.17, 15) is 5.11 Å². The quantitative estimate of drug-likeness (QED) is 0.781. The molecule has 0 aliphatic heterocycles. The molecule has 1 aromatic heterocycles. The Bertz CT molecular complexity index is 208. The van der Waals surface area contributed by atoms with Gasteiger partial charge < -0.3 is 9.84 Å². The van der Waals surface area contributed by atoms with E-state index in [4.69, 9.17) is 4.74 Å². The van der Waals surface area contributed by atoms with Gasteiger partial charge in [-0.25, -0.2) is 0 Å². The molecular formula is C9H14O2S. The SMILES string of the molecule is CCOC(C)C(O)c1cccs1. The lowest BCUT2D eigenvalue weighted by Crippen LogP contribution is -2.17. The predicted molar refractivity (Wildman–Crippen MR) is 50.4 cm³/mol. The van der Waals surface area contributed by atoms with Crippen LogP contribution in [0, 0.1) is 0 Å². The summed E-state index contributed by atoms with van der Waals surface area (Å²) in [5.74, 6) is 0. The van der Waals surface area contributed by atoms with Gasteiger partial charge in [0, 0.05) is 11.5 Å². The molecule has 3 heteroatoms. The lowest BCUT2D eigenvalue weighted by Gasteiger charge is -2.16. The van der Waals surface area contributed by atoms with Gasteiger partial charge in [0.15, 0.2) is 0 Å². The molecule has 0 radical (unpaired) electrons. The molecule has 1 heterocycles. The van der Waals surface area contributed by atoms with Crippen molar-refractivity contribution in [1.82, 2.24) is 0 Å². The minimum absolute atomic E-state index is 0.117. The van der Waals surface area contributed by atoms with Gasteiger partial charge in [0.1, 0.15) is 6.10 Å². The minimum atomic E-state index is -0.482. The van der Waals surface area contributed by atoms with Crippen LogP contribution in [-0.2, 0) is 4.74 Å². The number of aliphatic hydroxyl groups excluding tert-OH is 1. The fourth-order valence-electron chi connectivity index (χ4n) is 1.04. The van der Waals surface area contributed by atoms with Gasteiger partial charge in [0.25, 0.3) is 0 Å². The third kappa shape index (κ3) is 2.30. The number of rotatable bonds is 4. The maximum Gasteiger partial charge on any atom is 0.114 e. The Hall–Kier alpha value is -0.380. The van der Waals surface area contributed by atoms with Crippen LogP contribution in [0.1, 0.15) is 24.8 Å². The minimum Gasteiger partial charge on any atom is -0.385 e. The molecule has 0 saturated carbocycles. The van der Waals surface area contributed by atoms with E-state index in [1.165, 1.54) is 0 Å². The zero-order valence-corrected chi connectivity index (χ0v) is 8.17. The molecule has 1 N–H and O–H groups in total. The zero-order chi connectivity index (χ0) is 8.97. The molecule has 0 fully saturated rings. The fraction of sp³-hybridized carbons (Fsp3) is 0.556. The monoisotopic (exact) mass is 186 g/mol. The van der Waals surface area contributed by atoms with Crippen molar-refractivity contribution >= 4 is 11.3 Å². The van der Waals surface area contributed by atoms with Crippen molar-refractivity contribution in [3.63, 3.8) is 0 Å². The van der Waals surface area contributed by atoms with E-state index < -0.39 is 6.10 Å². The van der Waals surface area contributed by atoms with Crippen molar-refractivity contribution in [1.29, 1.82) is 0 Å². The molecule has 68 valence electrons. The average Bonchev–Trinajstić information content (AvgIpc) is 2.55. The second-order valence-corrected chi connectivity index (χ2v) is 3.60. The Morgan fingerprint density at radius 1 is 1.67 bits per heavy atom. The number of hydrogen-bond acceptors (Lipinski definition) is 3. The van der Waals surface area contributed by atoms with Crippen LogP contribution in [0.5, 0.6) is 0 Å². The van der Waals surface area contributed by atoms with E-state index in [0.717, 1.165) is 4.88 Å². The summed E-state index contributed by atoms with van der Waals surface area (Å²) in [6, 6.07) is 3.85. The highest BCUT2D eigenvalue weighted by molar-refractivity contribution is 7.10. The summed E-state index contributed by atoms with van der Waals surface area (Å²) in [6.45, 7) is 4.45. The largest absolute Gasteiger partial charge is 0.385 e. The first-order valence-corrected chi connectivity index (χ1v) is 4.96. The van der Waals surface area contributed by atoms with Crippen molar-refractivity contribution in [2.45, 2.75) is 26.1 Å². The number of hydrogen-bond donors (Lipinski definition) is 1. The lowest BCUT2D eigenvalue weighted by atomic mass is 10.2. The topological polar surface area (TPSA) is 29.5 Å². The van der Waals surface area contributed by atoms with Crippen LogP contribution in [0.15, 0.2) is 17.5 Å². The molecule has 1 aromatic rings. The molecule has 0 spiro atoms. The van der Waals surface area contributed by atoms with Gasteiger partial charge in [-0.05, 0) is 25.3 Å². The van der Waals surface area contributed by atoms with Crippen molar-refractivity contribution in [3.05, 3.63) is 22.4 Å². The van der Waals surface area contributed by atoms with E-state index in [1.807, 2.05) is 31.4 Å². The molecule has 12 heavy (non-hydrogen) atoms. The number of thiophene rings is 1. The van der Waals surface area contributed by atoms with Crippen molar-refractivity contribution in [2.24, 2.45) is 0 Å². The summed E-state index contributed by atoms with van der Waals surface area (Å²) >= 11 is 1.56. The maximum absolute atomic E-state index is 9.69. The fourth-order valence-corrected chi connectivity index (χ4v) is 1.85. The van der Waals surface area contributed by atoms with Crippen LogP contribution >= 0.6 is 11.3 Å². The Morgan fingerprint density at radius 3 is 2.92 bits per heavy atom. The Balaban J connectivity index is 2.53. The summed E-state index contributed by atoms with van der Waals surface area (Å²) in [4.78, 5) is 0.968. The smallest absolute Gasteiger partial charge is 0.114 e. The maximum atomic E-state index is 9.69. The van der Waals surface area contributed by atoms with Gasteiger partial charge in [0.2, 0.25) is 0 Å². The Morgan fingerprint density at radius 2 is 2.42 bits per heavy atom. The van der Waals surface area contributed by atoms with Gasteiger partial charge >= 0.3 is 0 Å². The predicted octanol–water partition coefficient (Wildman–Crippen LogP) is 2.21. The number of ether oxygens (including phenoxy) is 1. The molecule has 0 aliphatic carbocycles. The van der Waals surface area contributed by atoms with Gasteiger partial charge in [-0.15, -0.1) is 11.3 Å². The second-order valence-electron chi connectivity index (χ2n) is 2.62. The van der Waals surface area contributed by atoms with Crippen LogP contribution in [0.3, 0.4) is 0 Å². The molecular weight excluding hydrogens is 172 g/mol. The molecule has 2 nitrogen and oxygen atoms in total. The first-order valence-electron chi connectivity index (χ1n) is 4.08. The molecule has 0 aromatic carbocycles. The van der Waals surface area contributed by atoms with Crippen molar-refractivity contribution in [2.75, 3.05) is 6.61 Å². The van der Waals surface area contributed by atoms with Crippen LogP contribution in [0.4, 0.5) is 0 Å². The van der Waals surface area contributed by atoms with E-state index in [0.29, 0.717) is 6.61 Å². The number of aliphatic hydroxyl groups is 1. The molecule has 0 bridgehead atoms. The van der Waals surface area contributed by atoms with Gasteiger partial charge in [0.05, 0.1) is 6.10 Å². The van der Waals surface area contributed by atoms with E-state index in [-0.39, 0.29) is 6.10 Å². The van der Waals surface area contributed by atoms with Crippen LogP contribution in [-0.4, -0.2) is 17.8 Å². The second kappa shape index (κ2) is 4.60. The molecule has 0 aliphatic rings. The van der Waals surface area contributed by atoms with Crippen LogP contribution < -0.4 is 0 Å². The van der Waals surface area contributed by atoms with Gasteiger partial charge in [-0.3, -0.25) is 0 Å². The summed E-state index contributed by atoms with van der Waals surface area (Å²) in [5, 5.41) is 11.7. The van der Waals surface area contributed by atoms with Gasteiger partial charge in [-0.1, -0.05) is 6.07 Å². The average molecular weight is 186 g/mol. The molecule has 1 rings (SSSR count). The summed E-state index contributed by atoms with van der Waals surface area (Å²) in [5.41, 5.74) is 0. The first kappa shape index (κ1) is 9.71. The van der Waals surface area contributed by atoms with Crippen molar-refractivity contribution in [3.8, 4) is 0 Å². The van der Waals surface area contributed by atoms with E-state index in [2.05, 4.69) is 0 Å². The molecule has 2 unspecified atom stereocenters. The molecule has 0 amide bonds. The Labute approximate surface area is 76.8 Å². The lowest BCUT2D eigenvalue weighted by molar-refractivity contribution is -0.0211. The molecule has 2 atom stereocenters. The summed E-state index contributed by atoms with van der Waals surface area (Å²) in [7, 11) is 0. The summed E-state index contributed by atoms with van der Waals surface area (Å²) < 4.78 is 5.28. The van der Waals surface area contributed by atoms with E-state index in [1.54, 1.807) is 11.3 Å². The van der Waals surface area contributed by atoms with Crippen LogP contribution in [0.2, 0.25) is 0 Å². The first-order chi connectivity index (χ1) is 5.75. The zero-order valence-electron chi connectivity index (χ0n) is 7.36. The third-order valence-electron chi connectivity index (χ3n) is 1.71. The normalized spacial score (nSPS) is 15.9.